The van der Waals surface area contributed by atoms with E-state index in [1.54, 1.807) is 12.3 Å². The Morgan fingerprint density at radius 3 is 3.04 bits per heavy atom. The van der Waals surface area contributed by atoms with Gasteiger partial charge in [-0.05, 0) is 43.8 Å². The topological polar surface area (TPSA) is 113 Å². The number of primary amides is 1. The van der Waals surface area contributed by atoms with Crippen molar-refractivity contribution in [2.75, 3.05) is 18.4 Å². The van der Waals surface area contributed by atoms with Crippen LogP contribution in [0.5, 0.6) is 0 Å². The molecule has 0 saturated carbocycles. The monoisotopic (exact) mass is 361 g/mol. The van der Waals surface area contributed by atoms with Crippen molar-refractivity contribution >= 4 is 28.3 Å². The predicted molar refractivity (Wildman–Crippen MR) is 98.4 cm³/mol. The van der Waals surface area contributed by atoms with Gasteiger partial charge in [-0.1, -0.05) is 6.92 Å². The van der Waals surface area contributed by atoms with Gasteiger partial charge in [-0.3, -0.25) is 9.59 Å². The third kappa shape index (κ3) is 4.46. The Morgan fingerprint density at radius 2 is 2.36 bits per heavy atom. The molecule has 0 aliphatic carbocycles. The molecular formula is C17H23N5O2S. The number of aromatic nitrogens is 2. The van der Waals surface area contributed by atoms with E-state index in [2.05, 4.69) is 27.5 Å². The van der Waals surface area contributed by atoms with Crippen LogP contribution in [0.25, 0.3) is 11.3 Å². The molecule has 0 radical (unpaired) electrons. The maximum atomic E-state index is 12.3. The zero-order chi connectivity index (χ0) is 17.8. The minimum atomic E-state index is -0.513. The smallest absolute Gasteiger partial charge is 0.265 e. The number of hydrogen-bond acceptors (Lipinski definition) is 5. The highest BCUT2D eigenvalue weighted by Crippen LogP contribution is 2.27. The van der Waals surface area contributed by atoms with Crippen molar-refractivity contribution in [3.63, 3.8) is 0 Å². The summed E-state index contributed by atoms with van der Waals surface area (Å²) in [6.07, 6.45) is 4.53. The number of H-pyrrole nitrogens is 1. The van der Waals surface area contributed by atoms with Crippen molar-refractivity contribution in [2.24, 2.45) is 17.6 Å². The van der Waals surface area contributed by atoms with E-state index in [1.165, 1.54) is 24.2 Å². The first-order chi connectivity index (χ1) is 12.0. The Hall–Kier alpha value is -2.19. The van der Waals surface area contributed by atoms with Gasteiger partial charge >= 0.3 is 0 Å². The summed E-state index contributed by atoms with van der Waals surface area (Å²) < 4.78 is 0. The van der Waals surface area contributed by atoms with Gasteiger partial charge in [0.05, 0.1) is 5.69 Å². The summed E-state index contributed by atoms with van der Waals surface area (Å²) in [5.41, 5.74) is 7.04. The highest BCUT2D eigenvalue weighted by molar-refractivity contribution is 7.14. The third-order valence-corrected chi connectivity index (χ3v) is 5.40. The van der Waals surface area contributed by atoms with Gasteiger partial charge in [-0.2, -0.15) is 0 Å². The molecule has 1 fully saturated rings. The summed E-state index contributed by atoms with van der Waals surface area (Å²) in [6.45, 7) is 4.20. The molecule has 3 heterocycles. The summed E-state index contributed by atoms with van der Waals surface area (Å²) in [4.78, 5) is 30.6. The van der Waals surface area contributed by atoms with Crippen molar-refractivity contribution in [3.8, 4) is 11.3 Å². The van der Waals surface area contributed by atoms with E-state index in [-0.39, 0.29) is 5.91 Å². The van der Waals surface area contributed by atoms with E-state index in [1.807, 2.05) is 5.38 Å². The van der Waals surface area contributed by atoms with E-state index in [4.69, 9.17) is 5.73 Å². The molecule has 5 N–H and O–H groups in total. The lowest BCUT2D eigenvalue weighted by Crippen LogP contribution is -2.34. The van der Waals surface area contributed by atoms with Gasteiger partial charge in [0.1, 0.15) is 5.69 Å². The van der Waals surface area contributed by atoms with E-state index < -0.39 is 5.91 Å². The van der Waals surface area contributed by atoms with Crippen LogP contribution in [-0.2, 0) is 4.79 Å². The number of carbonyl (C=O) groups is 2. The summed E-state index contributed by atoms with van der Waals surface area (Å²) in [7, 11) is 0. The lowest BCUT2D eigenvalue weighted by molar-refractivity contribution is -0.117. The second kappa shape index (κ2) is 7.79. The maximum absolute atomic E-state index is 12.3. The highest BCUT2D eigenvalue weighted by Gasteiger charge is 2.22. The van der Waals surface area contributed by atoms with Crippen LogP contribution in [0, 0.1) is 11.8 Å². The summed E-state index contributed by atoms with van der Waals surface area (Å²) in [5, 5.41) is 8.68. The van der Waals surface area contributed by atoms with E-state index >= 15 is 0 Å². The Bertz CT molecular complexity index is 748. The van der Waals surface area contributed by atoms with Crippen LogP contribution in [-0.4, -0.2) is 34.9 Å². The molecule has 1 saturated heterocycles. The largest absolute Gasteiger partial charge is 0.364 e. The molecule has 1 aliphatic heterocycles. The lowest BCUT2D eigenvalue weighted by atomic mass is 9.85. The fourth-order valence-corrected chi connectivity index (χ4v) is 3.88. The molecule has 8 heteroatoms. The maximum Gasteiger partial charge on any atom is 0.265 e. The van der Waals surface area contributed by atoms with Crippen molar-refractivity contribution in [2.45, 2.75) is 26.2 Å². The Kier molecular flexibility index (Phi) is 5.50. The van der Waals surface area contributed by atoms with Crippen molar-refractivity contribution in [1.29, 1.82) is 0 Å². The van der Waals surface area contributed by atoms with Gasteiger partial charge in [0.2, 0.25) is 5.91 Å². The summed E-state index contributed by atoms with van der Waals surface area (Å²) >= 11 is 1.37. The van der Waals surface area contributed by atoms with Gasteiger partial charge in [-0.25, -0.2) is 4.98 Å². The number of carbonyl (C=O) groups excluding carboxylic acids is 2. The number of piperidine rings is 1. The number of nitrogens with two attached hydrogens (primary N) is 1. The molecule has 2 amide bonds. The first-order valence-electron chi connectivity index (χ1n) is 8.47. The number of aromatic amines is 1. The van der Waals surface area contributed by atoms with E-state index in [0.29, 0.717) is 34.8 Å². The lowest BCUT2D eigenvalue weighted by Gasteiger charge is -2.27. The molecule has 7 nitrogen and oxygen atoms in total. The number of nitrogens with zero attached hydrogens (tertiary/aromatic N) is 1. The Labute approximate surface area is 150 Å². The van der Waals surface area contributed by atoms with Gasteiger partial charge in [-0.15, -0.1) is 11.3 Å². The van der Waals surface area contributed by atoms with E-state index in [9.17, 15) is 9.59 Å². The van der Waals surface area contributed by atoms with Gasteiger partial charge in [0, 0.05) is 23.6 Å². The Morgan fingerprint density at radius 1 is 1.52 bits per heavy atom. The fourth-order valence-electron chi connectivity index (χ4n) is 3.14. The molecule has 3 rings (SSSR count). The molecule has 0 bridgehead atoms. The molecule has 2 unspecified atom stereocenters. The SMILES string of the molecule is CC(CC(=O)Nc1nc(-c2c[nH]c(C(N)=O)c2)cs1)C1CCCNC1. The number of nitrogens with one attached hydrogen (secondary N) is 3. The summed E-state index contributed by atoms with van der Waals surface area (Å²) in [5.74, 6) is 0.375. The molecule has 1 aliphatic rings. The first-order valence-corrected chi connectivity index (χ1v) is 9.35. The van der Waals surface area contributed by atoms with Gasteiger partial charge < -0.3 is 21.4 Å². The van der Waals surface area contributed by atoms with Crippen LogP contribution >= 0.6 is 11.3 Å². The molecule has 134 valence electrons. The number of rotatable bonds is 6. The first kappa shape index (κ1) is 17.6. The average Bonchev–Trinajstić information content (AvgIpc) is 3.24. The minimum absolute atomic E-state index is 0.00846. The van der Waals surface area contributed by atoms with E-state index in [0.717, 1.165) is 18.7 Å². The molecule has 0 spiro atoms. The number of anilines is 1. The van der Waals surface area contributed by atoms with Crippen LogP contribution in [0.15, 0.2) is 17.6 Å². The zero-order valence-corrected chi connectivity index (χ0v) is 15.0. The number of hydrogen-bond donors (Lipinski definition) is 4. The molecule has 2 aromatic rings. The van der Waals surface area contributed by atoms with Gasteiger partial charge in [0.25, 0.3) is 5.91 Å². The van der Waals surface area contributed by atoms with Crippen molar-refractivity contribution in [3.05, 3.63) is 23.3 Å². The average molecular weight is 361 g/mol. The molecular weight excluding hydrogens is 338 g/mol. The standard InChI is InChI=1S/C17H23N5O2S/c1-10(11-3-2-4-19-7-11)5-15(23)22-17-21-14(9-25-17)12-6-13(16(18)24)20-8-12/h6,8-11,19-20H,2-5,7H2,1H3,(H2,18,24)(H,21,22,23). The second-order valence-electron chi connectivity index (χ2n) is 6.54. The molecule has 25 heavy (non-hydrogen) atoms. The van der Waals surface area contributed by atoms with Crippen LogP contribution in [0.4, 0.5) is 5.13 Å². The Balaban J connectivity index is 1.56. The van der Waals surface area contributed by atoms with Gasteiger partial charge in [0.15, 0.2) is 5.13 Å². The summed E-state index contributed by atoms with van der Waals surface area (Å²) in [6, 6.07) is 1.65. The number of thiazole rings is 1. The molecule has 0 aromatic carbocycles. The van der Waals surface area contributed by atoms with Crippen LogP contribution in [0.2, 0.25) is 0 Å². The van der Waals surface area contributed by atoms with Crippen LogP contribution in [0.3, 0.4) is 0 Å². The van der Waals surface area contributed by atoms with Crippen LogP contribution in [0.1, 0.15) is 36.7 Å². The second-order valence-corrected chi connectivity index (χ2v) is 7.40. The van der Waals surface area contributed by atoms with Crippen LogP contribution < -0.4 is 16.4 Å². The third-order valence-electron chi connectivity index (χ3n) is 4.64. The van der Waals surface area contributed by atoms with Crippen molar-refractivity contribution < 1.29 is 9.59 Å². The predicted octanol–water partition coefficient (Wildman–Crippen LogP) is 2.20. The molecule has 2 atom stereocenters. The molecule has 2 aromatic heterocycles. The zero-order valence-electron chi connectivity index (χ0n) is 14.2. The van der Waals surface area contributed by atoms with Crippen molar-refractivity contribution in [1.82, 2.24) is 15.3 Å². The fraction of sp³-hybridized carbons (Fsp3) is 0.471. The highest BCUT2D eigenvalue weighted by atomic mass is 32.1. The normalized spacial score (nSPS) is 18.7. The minimum Gasteiger partial charge on any atom is -0.364 e. The number of amides is 2. The quantitative estimate of drug-likeness (QED) is 0.632.